The van der Waals surface area contributed by atoms with Gasteiger partial charge in [-0.05, 0) is 25.5 Å². The lowest BCUT2D eigenvalue weighted by Crippen LogP contribution is -2.35. The molecule has 1 aliphatic rings. The van der Waals surface area contributed by atoms with Gasteiger partial charge in [-0.15, -0.1) is 0 Å². The van der Waals surface area contributed by atoms with Crippen molar-refractivity contribution in [3.8, 4) is 5.88 Å². The van der Waals surface area contributed by atoms with Gasteiger partial charge in [0.15, 0.2) is 0 Å². The summed E-state index contributed by atoms with van der Waals surface area (Å²) in [5, 5.41) is 2.87. The van der Waals surface area contributed by atoms with Crippen molar-refractivity contribution in [3.05, 3.63) is 23.9 Å². The van der Waals surface area contributed by atoms with E-state index in [0.717, 1.165) is 5.56 Å². The van der Waals surface area contributed by atoms with Gasteiger partial charge in [-0.2, -0.15) is 0 Å². The van der Waals surface area contributed by atoms with Crippen LogP contribution < -0.4 is 10.1 Å². The molecule has 0 saturated carbocycles. The van der Waals surface area contributed by atoms with Gasteiger partial charge in [0.05, 0.1) is 13.0 Å². The van der Waals surface area contributed by atoms with Crippen molar-refractivity contribution in [2.24, 2.45) is 5.92 Å². The SMILES string of the molecule is COc1cc(CNC(=O)[C@H]2CC(=O)N(C(C)C)C2)ccn1. The normalized spacial score (nSPS) is 18.2. The van der Waals surface area contributed by atoms with Crippen LogP contribution in [0.15, 0.2) is 18.3 Å². The summed E-state index contributed by atoms with van der Waals surface area (Å²) in [6.07, 6.45) is 1.93. The fourth-order valence-corrected chi connectivity index (χ4v) is 2.41. The van der Waals surface area contributed by atoms with Crippen LogP contribution in [0.3, 0.4) is 0 Å². The lowest BCUT2D eigenvalue weighted by atomic mass is 10.1. The Labute approximate surface area is 124 Å². The maximum atomic E-state index is 12.1. The molecule has 0 bridgehead atoms. The number of pyridine rings is 1. The van der Waals surface area contributed by atoms with E-state index in [0.29, 0.717) is 25.4 Å². The molecule has 2 amide bonds. The van der Waals surface area contributed by atoms with Gasteiger partial charge >= 0.3 is 0 Å². The Balaban J connectivity index is 1.89. The smallest absolute Gasteiger partial charge is 0.225 e. The average molecular weight is 291 g/mol. The van der Waals surface area contributed by atoms with E-state index < -0.39 is 0 Å². The van der Waals surface area contributed by atoms with Gasteiger partial charge in [0.1, 0.15) is 0 Å². The van der Waals surface area contributed by atoms with Crippen LogP contribution in [-0.4, -0.2) is 41.4 Å². The number of nitrogens with one attached hydrogen (secondary N) is 1. The molecule has 0 aliphatic carbocycles. The summed E-state index contributed by atoms with van der Waals surface area (Å²) in [5.74, 6) is 0.227. The van der Waals surface area contributed by atoms with E-state index in [4.69, 9.17) is 4.74 Å². The maximum Gasteiger partial charge on any atom is 0.225 e. The Kier molecular flexibility index (Phi) is 4.77. The third-order valence-electron chi connectivity index (χ3n) is 3.63. The largest absolute Gasteiger partial charge is 0.481 e. The molecule has 1 fully saturated rings. The number of methoxy groups -OCH3 is 1. The van der Waals surface area contributed by atoms with Crippen LogP contribution in [0.2, 0.25) is 0 Å². The van der Waals surface area contributed by atoms with E-state index >= 15 is 0 Å². The molecule has 6 heteroatoms. The highest BCUT2D eigenvalue weighted by Crippen LogP contribution is 2.20. The van der Waals surface area contributed by atoms with Crippen LogP contribution in [0.5, 0.6) is 5.88 Å². The molecule has 6 nitrogen and oxygen atoms in total. The molecule has 0 aromatic carbocycles. The first-order chi connectivity index (χ1) is 10.0. The summed E-state index contributed by atoms with van der Waals surface area (Å²) in [6.45, 7) is 4.83. The second kappa shape index (κ2) is 6.56. The van der Waals surface area contributed by atoms with E-state index in [1.165, 1.54) is 0 Å². The van der Waals surface area contributed by atoms with Gasteiger partial charge < -0.3 is 15.0 Å². The Bertz CT molecular complexity index is 531. The number of carbonyl (C=O) groups excluding carboxylic acids is 2. The zero-order valence-electron chi connectivity index (χ0n) is 12.6. The number of aromatic nitrogens is 1. The zero-order valence-corrected chi connectivity index (χ0v) is 12.6. The molecule has 1 aromatic heterocycles. The van der Waals surface area contributed by atoms with E-state index in [1.54, 1.807) is 24.3 Å². The van der Waals surface area contributed by atoms with E-state index in [1.807, 2.05) is 19.9 Å². The third kappa shape index (κ3) is 3.71. The summed E-state index contributed by atoms with van der Waals surface area (Å²) in [6, 6.07) is 3.74. The van der Waals surface area contributed by atoms with Crippen LogP contribution in [0.1, 0.15) is 25.8 Å². The minimum atomic E-state index is -0.261. The van der Waals surface area contributed by atoms with Gasteiger partial charge in [-0.1, -0.05) is 0 Å². The number of rotatable bonds is 5. The number of amides is 2. The number of hydrogen-bond donors (Lipinski definition) is 1. The predicted molar refractivity (Wildman–Crippen MR) is 77.6 cm³/mol. The van der Waals surface area contributed by atoms with Crippen molar-refractivity contribution in [3.63, 3.8) is 0 Å². The molecular formula is C15H21N3O3. The third-order valence-corrected chi connectivity index (χ3v) is 3.63. The van der Waals surface area contributed by atoms with Crippen molar-refractivity contribution in [1.82, 2.24) is 15.2 Å². The fraction of sp³-hybridized carbons (Fsp3) is 0.533. The van der Waals surface area contributed by atoms with Crippen molar-refractivity contribution in [2.75, 3.05) is 13.7 Å². The molecule has 2 heterocycles. The molecule has 1 aliphatic heterocycles. The maximum absolute atomic E-state index is 12.1. The Morgan fingerprint density at radius 1 is 1.57 bits per heavy atom. The van der Waals surface area contributed by atoms with Gasteiger partial charge in [0.2, 0.25) is 17.7 Å². The second-order valence-electron chi connectivity index (χ2n) is 5.47. The van der Waals surface area contributed by atoms with E-state index in [2.05, 4.69) is 10.3 Å². The van der Waals surface area contributed by atoms with Crippen LogP contribution in [0.25, 0.3) is 0 Å². The van der Waals surface area contributed by atoms with Gasteiger partial charge in [0.25, 0.3) is 0 Å². The minimum absolute atomic E-state index is 0.0516. The monoisotopic (exact) mass is 291 g/mol. The Morgan fingerprint density at radius 3 is 2.95 bits per heavy atom. The molecular weight excluding hydrogens is 270 g/mol. The summed E-state index contributed by atoms with van der Waals surface area (Å²) in [7, 11) is 1.55. The van der Waals surface area contributed by atoms with Crippen LogP contribution >= 0.6 is 0 Å². The van der Waals surface area contributed by atoms with Gasteiger partial charge in [-0.25, -0.2) is 4.98 Å². The molecule has 114 valence electrons. The topological polar surface area (TPSA) is 71.5 Å². The Hall–Kier alpha value is -2.11. The predicted octanol–water partition coefficient (Wildman–Crippen LogP) is 0.963. The first-order valence-corrected chi connectivity index (χ1v) is 7.07. The van der Waals surface area contributed by atoms with Crippen LogP contribution in [-0.2, 0) is 16.1 Å². The molecule has 1 atom stereocenters. The number of hydrogen-bond acceptors (Lipinski definition) is 4. The highest BCUT2D eigenvalue weighted by Gasteiger charge is 2.35. The van der Waals surface area contributed by atoms with Crippen molar-refractivity contribution >= 4 is 11.8 Å². The summed E-state index contributed by atoms with van der Waals surface area (Å²) in [4.78, 5) is 29.7. The molecule has 0 spiro atoms. The standard InChI is InChI=1S/C15H21N3O3/c1-10(2)18-9-12(7-14(18)19)15(20)17-8-11-4-5-16-13(6-11)21-3/h4-6,10,12H,7-9H2,1-3H3,(H,17,20)/t12-/m0/s1. The lowest BCUT2D eigenvalue weighted by Gasteiger charge is -2.20. The van der Waals surface area contributed by atoms with Crippen molar-refractivity contribution in [2.45, 2.75) is 32.9 Å². The Morgan fingerprint density at radius 2 is 2.33 bits per heavy atom. The quantitative estimate of drug-likeness (QED) is 0.877. The van der Waals surface area contributed by atoms with E-state index in [9.17, 15) is 9.59 Å². The van der Waals surface area contributed by atoms with Crippen LogP contribution in [0, 0.1) is 5.92 Å². The molecule has 1 saturated heterocycles. The number of nitrogens with zero attached hydrogens (tertiary/aromatic N) is 2. The molecule has 1 aromatic rings. The fourth-order valence-electron chi connectivity index (χ4n) is 2.41. The average Bonchev–Trinajstić information content (AvgIpc) is 2.87. The van der Waals surface area contributed by atoms with Gasteiger partial charge in [0, 0.05) is 37.8 Å². The molecule has 2 rings (SSSR count). The number of likely N-dealkylation sites (tertiary alicyclic amines) is 1. The first-order valence-electron chi connectivity index (χ1n) is 7.07. The molecule has 0 unspecified atom stereocenters. The summed E-state index contributed by atoms with van der Waals surface area (Å²) >= 11 is 0. The van der Waals surface area contributed by atoms with Gasteiger partial charge in [-0.3, -0.25) is 9.59 Å². The zero-order chi connectivity index (χ0) is 15.4. The number of ether oxygens (including phenoxy) is 1. The molecule has 1 N–H and O–H groups in total. The summed E-state index contributed by atoms with van der Waals surface area (Å²) in [5.41, 5.74) is 0.917. The number of carbonyl (C=O) groups is 2. The van der Waals surface area contributed by atoms with E-state index in [-0.39, 0.29) is 23.8 Å². The lowest BCUT2D eigenvalue weighted by molar-refractivity contribution is -0.129. The van der Waals surface area contributed by atoms with Crippen molar-refractivity contribution in [1.29, 1.82) is 0 Å². The first kappa shape index (κ1) is 15.3. The van der Waals surface area contributed by atoms with Crippen LogP contribution in [0.4, 0.5) is 0 Å². The highest BCUT2D eigenvalue weighted by molar-refractivity contribution is 5.89. The second-order valence-corrected chi connectivity index (χ2v) is 5.47. The van der Waals surface area contributed by atoms with Crippen molar-refractivity contribution < 1.29 is 14.3 Å². The highest BCUT2D eigenvalue weighted by atomic mass is 16.5. The minimum Gasteiger partial charge on any atom is -0.481 e. The molecule has 0 radical (unpaired) electrons. The summed E-state index contributed by atoms with van der Waals surface area (Å²) < 4.78 is 5.04. The molecule has 21 heavy (non-hydrogen) atoms.